The minimum absolute atomic E-state index is 0.0107. The van der Waals surface area contributed by atoms with Gasteiger partial charge in [0.05, 0.1) is 7.11 Å². The summed E-state index contributed by atoms with van der Waals surface area (Å²) in [5, 5.41) is 0. The van der Waals surface area contributed by atoms with Gasteiger partial charge in [0.25, 0.3) is 0 Å². The summed E-state index contributed by atoms with van der Waals surface area (Å²) >= 11 is 0. The fraction of sp³-hybridized carbons (Fsp3) is 0.294. The molecule has 3 nitrogen and oxygen atoms in total. The van der Waals surface area contributed by atoms with Crippen LogP contribution in [0.2, 0.25) is 0 Å². The van der Waals surface area contributed by atoms with Crippen LogP contribution in [0.3, 0.4) is 0 Å². The van der Waals surface area contributed by atoms with E-state index in [0.29, 0.717) is 6.61 Å². The molecular formula is C17H21NO2. The van der Waals surface area contributed by atoms with Gasteiger partial charge < -0.3 is 15.2 Å². The molecule has 2 N–H and O–H groups in total. The van der Waals surface area contributed by atoms with Gasteiger partial charge in [-0.3, -0.25) is 0 Å². The second-order valence-electron chi connectivity index (χ2n) is 4.69. The zero-order chi connectivity index (χ0) is 14.4. The standard InChI is InChI=1S/C17H21NO2/c1-3-16(18)15-9-4-5-10-17(15)20-12-13-7-6-8-14(11-13)19-2/h4-11,16H,3,12,18H2,1-2H3/t16-/m1/s1. The summed E-state index contributed by atoms with van der Waals surface area (Å²) in [6.45, 7) is 2.58. The summed E-state index contributed by atoms with van der Waals surface area (Å²) in [5.74, 6) is 1.69. The Hall–Kier alpha value is -2.00. The molecule has 0 saturated carbocycles. The molecule has 0 bridgehead atoms. The van der Waals surface area contributed by atoms with Gasteiger partial charge in [0.1, 0.15) is 18.1 Å². The monoisotopic (exact) mass is 271 g/mol. The highest BCUT2D eigenvalue weighted by molar-refractivity contribution is 5.36. The molecule has 2 rings (SSSR count). The van der Waals surface area contributed by atoms with Crippen LogP contribution in [0.5, 0.6) is 11.5 Å². The van der Waals surface area contributed by atoms with Crippen LogP contribution in [0.25, 0.3) is 0 Å². The Labute approximate surface area is 120 Å². The molecule has 0 heterocycles. The van der Waals surface area contributed by atoms with Crippen LogP contribution in [-0.2, 0) is 6.61 Å². The second kappa shape index (κ2) is 6.96. The van der Waals surface area contributed by atoms with Gasteiger partial charge in [-0.1, -0.05) is 37.3 Å². The maximum absolute atomic E-state index is 6.11. The summed E-state index contributed by atoms with van der Waals surface area (Å²) in [6, 6.07) is 15.8. The summed E-state index contributed by atoms with van der Waals surface area (Å²) < 4.78 is 11.1. The molecule has 0 unspecified atom stereocenters. The minimum Gasteiger partial charge on any atom is -0.497 e. The van der Waals surface area contributed by atoms with Crippen LogP contribution in [0, 0.1) is 0 Å². The van der Waals surface area contributed by atoms with Gasteiger partial charge in [0.15, 0.2) is 0 Å². The predicted molar refractivity (Wildman–Crippen MR) is 81.0 cm³/mol. The maximum Gasteiger partial charge on any atom is 0.124 e. The molecule has 0 radical (unpaired) electrons. The summed E-state index contributed by atoms with van der Waals surface area (Å²) in [6.07, 6.45) is 0.888. The van der Waals surface area contributed by atoms with Crippen LogP contribution in [0.4, 0.5) is 0 Å². The average molecular weight is 271 g/mol. The maximum atomic E-state index is 6.11. The molecule has 0 amide bonds. The van der Waals surface area contributed by atoms with Crippen molar-refractivity contribution >= 4 is 0 Å². The van der Waals surface area contributed by atoms with Crippen LogP contribution in [0.15, 0.2) is 48.5 Å². The van der Waals surface area contributed by atoms with Crippen molar-refractivity contribution in [1.29, 1.82) is 0 Å². The summed E-state index contributed by atoms with van der Waals surface area (Å²) in [5.41, 5.74) is 8.24. The van der Waals surface area contributed by atoms with E-state index in [9.17, 15) is 0 Å². The van der Waals surface area contributed by atoms with Gasteiger partial charge in [-0.05, 0) is 30.2 Å². The Balaban J connectivity index is 2.10. The van der Waals surface area contributed by atoms with Crippen LogP contribution in [-0.4, -0.2) is 7.11 Å². The van der Waals surface area contributed by atoms with Crippen LogP contribution in [0.1, 0.15) is 30.5 Å². The lowest BCUT2D eigenvalue weighted by molar-refractivity contribution is 0.300. The first kappa shape index (κ1) is 14.4. The number of methoxy groups -OCH3 is 1. The van der Waals surface area contributed by atoms with Crippen LogP contribution >= 0.6 is 0 Å². The topological polar surface area (TPSA) is 44.5 Å². The van der Waals surface area contributed by atoms with Gasteiger partial charge >= 0.3 is 0 Å². The molecule has 0 aliphatic carbocycles. The molecule has 0 aliphatic heterocycles. The number of hydrogen-bond acceptors (Lipinski definition) is 3. The number of benzene rings is 2. The SMILES string of the molecule is CC[C@@H](N)c1ccccc1OCc1cccc(OC)c1. The molecule has 0 aromatic heterocycles. The lowest BCUT2D eigenvalue weighted by atomic mass is 10.0. The third-order valence-corrected chi connectivity index (χ3v) is 3.29. The first-order chi connectivity index (χ1) is 9.74. The highest BCUT2D eigenvalue weighted by Crippen LogP contribution is 2.26. The number of para-hydroxylation sites is 1. The lowest BCUT2D eigenvalue weighted by Crippen LogP contribution is -2.10. The van der Waals surface area contributed by atoms with E-state index < -0.39 is 0 Å². The van der Waals surface area contributed by atoms with E-state index in [4.69, 9.17) is 15.2 Å². The molecule has 2 aromatic carbocycles. The first-order valence-corrected chi connectivity index (χ1v) is 6.84. The quantitative estimate of drug-likeness (QED) is 0.871. The lowest BCUT2D eigenvalue weighted by Gasteiger charge is -2.15. The zero-order valence-electron chi connectivity index (χ0n) is 12.0. The van der Waals surface area contributed by atoms with Crippen molar-refractivity contribution in [3.8, 4) is 11.5 Å². The Morgan fingerprint density at radius 3 is 2.65 bits per heavy atom. The van der Waals surface area contributed by atoms with E-state index in [-0.39, 0.29) is 6.04 Å². The Morgan fingerprint density at radius 2 is 1.90 bits per heavy atom. The summed E-state index contributed by atoms with van der Waals surface area (Å²) in [7, 11) is 1.66. The van der Waals surface area contributed by atoms with E-state index in [1.165, 1.54) is 0 Å². The van der Waals surface area contributed by atoms with Crippen molar-refractivity contribution in [2.24, 2.45) is 5.73 Å². The van der Waals surface area contributed by atoms with E-state index in [1.807, 2.05) is 48.5 Å². The first-order valence-electron chi connectivity index (χ1n) is 6.84. The highest BCUT2D eigenvalue weighted by atomic mass is 16.5. The van der Waals surface area contributed by atoms with E-state index in [1.54, 1.807) is 7.11 Å². The molecule has 3 heteroatoms. The third-order valence-electron chi connectivity index (χ3n) is 3.29. The molecule has 1 atom stereocenters. The molecule has 2 aromatic rings. The van der Waals surface area contributed by atoms with Crippen LogP contribution < -0.4 is 15.2 Å². The molecule has 0 saturated heterocycles. The molecule has 106 valence electrons. The zero-order valence-corrected chi connectivity index (χ0v) is 12.0. The van der Waals surface area contributed by atoms with Crippen molar-refractivity contribution < 1.29 is 9.47 Å². The Bertz CT molecular complexity index is 554. The van der Waals surface area contributed by atoms with Gasteiger partial charge in [-0.15, -0.1) is 0 Å². The molecular weight excluding hydrogens is 250 g/mol. The highest BCUT2D eigenvalue weighted by Gasteiger charge is 2.09. The Morgan fingerprint density at radius 1 is 1.10 bits per heavy atom. The number of nitrogens with two attached hydrogens (primary N) is 1. The van der Waals surface area contributed by atoms with Crippen molar-refractivity contribution in [3.05, 3.63) is 59.7 Å². The van der Waals surface area contributed by atoms with E-state index in [2.05, 4.69) is 6.92 Å². The number of rotatable bonds is 6. The molecule has 0 spiro atoms. The molecule has 0 aliphatic rings. The van der Waals surface area contributed by atoms with E-state index in [0.717, 1.165) is 29.0 Å². The van der Waals surface area contributed by atoms with Gasteiger partial charge in [-0.2, -0.15) is 0 Å². The smallest absolute Gasteiger partial charge is 0.124 e. The normalized spacial score (nSPS) is 11.9. The number of hydrogen-bond donors (Lipinski definition) is 1. The fourth-order valence-electron chi connectivity index (χ4n) is 2.06. The van der Waals surface area contributed by atoms with Crippen molar-refractivity contribution in [2.75, 3.05) is 7.11 Å². The average Bonchev–Trinajstić information content (AvgIpc) is 2.52. The second-order valence-corrected chi connectivity index (χ2v) is 4.69. The van der Waals surface area contributed by atoms with Gasteiger partial charge in [-0.25, -0.2) is 0 Å². The molecule has 20 heavy (non-hydrogen) atoms. The van der Waals surface area contributed by atoms with Gasteiger partial charge in [0.2, 0.25) is 0 Å². The predicted octanol–water partition coefficient (Wildman–Crippen LogP) is 3.68. The van der Waals surface area contributed by atoms with Crippen molar-refractivity contribution in [1.82, 2.24) is 0 Å². The largest absolute Gasteiger partial charge is 0.497 e. The third kappa shape index (κ3) is 3.52. The van der Waals surface area contributed by atoms with E-state index >= 15 is 0 Å². The molecule has 0 fully saturated rings. The van der Waals surface area contributed by atoms with Crippen molar-refractivity contribution in [2.45, 2.75) is 26.0 Å². The Kier molecular flexibility index (Phi) is 5.02. The summed E-state index contributed by atoms with van der Waals surface area (Å²) in [4.78, 5) is 0. The number of ether oxygens (including phenoxy) is 2. The fourth-order valence-corrected chi connectivity index (χ4v) is 2.06. The van der Waals surface area contributed by atoms with Gasteiger partial charge in [0, 0.05) is 11.6 Å². The minimum atomic E-state index is 0.0107. The van der Waals surface area contributed by atoms with Crippen molar-refractivity contribution in [3.63, 3.8) is 0 Å².